The topological polar surface area (TPSA) is 21.7 Å². The van der Waals surface area contributed by atoms with Crippen LogP contribution < -0.4 is 4.57 Å². The first-order valence-corrected chi connectivity index (χ1v) is 9.50. The van der Waals surface area contributed by atoms with Crippen molar-refractivity contribution in [2.75, 3.05) is 0 Å². The predicted molar refractivity (Wildman–Crippen MR) is 111 cm³/mol. The molecule has 3 nitrogen and oxygen atoms in total. The number of benzene rings is 2. The van der Waals surface area contributed by atoms with Gasteiger partial charge < -0.3 is 0 Å². The van der Waals surface area contributed by atoms with Crippen molar-refractivity contribution in [3.05, 3.63) is 77.6 Å². The Hall–Kier alpha value is -2.94. The molecule has 2 aromatic heterocycles. The molecule has 0 bridgehead atoms. The number of imidazole rings is 1. The van der Waals surface area contributed by atoms with E-state index in [0.29, 0.717) is 5.92 Å². The highest BCUT2D eigenvalue weighted by atomic mass is 15.2. The molecule has 0 atom stereocenters. The minimum atomic E-state index is 0.441. The van der Waals surface area contributed by atoms with Crippen LogP contribution in [0.5, 0.6) is 0 Å². The molecular formula is C24H26N3+. The molecule has 0 saturated carbocycles. The normalized spacial score (nSPS) is 11.5. The van der Waals surface area contributed by atoms with Gasteiger partial charge in [-0.3, -0.25) is 4.98 Å². The van der Waals surface area contributed by atoms with Crippen molar-refractivity contribution in [1.29, 1.82) is 0 Å². The van der Waals surface area contributed by atoms with Crippen LogP contribution in [0.1, 0.15) is 36.5 Å². The summed E-state index contributed by atoms with van der Waals surface area (Å²) in [6.45, 7) is 8.81. The fourth-order valence-corrected chi connectivity index (χ4v) is 3.90. The Bertz CT molecular complexity index is 1140. The highest BCUT2D eigenvalue weighted by molar-refractivity contribution is 5.80. The van der Waals surface area contributed by atoms with Gasteiger partial charge in [-0.2, -0.15) is 4.57 Å². The Kier molecular flexibility index (Phi) is 4.31. The van der Waals surface area contributed by atoms with E-state index in [2.05, 4.69) is 97.4 Å². The van der Waals surface area contributed by atoms with E-state index in [1.165, 1.54) is 33.4 Å². The van der Waals surface area contributed by atoms with E-state index in [1.807, 2.05) is 12.4 Å². The molecular weight excluding hydrogens is 330 g/mol. The zero-order chi connectivity index (χ0) is 19.1. The van der Waals surface area contributed by atoms with Crippen molar-refractivity contribution in [3.8, 4) is 17.1 Å². The second kappa shape index (κ2) is 6.66. The summed E-state index contributed by atoms with van der Waals surface area (Å²) in [6.07, 6.45) is 3.84. The average Bonchev–Trinajstić information content (AvgIpc) is 2.93. The molecule has 3 heteroatoms. The lowest BCUT2D eigenvalue weighted by Crippen LogP contribution is -2.30. The third kappa shape index (κ3) is 2.84. The summed E-state index contributed by atoms with van der Waals surface area (Å²) in [5.74, 6) is 1.60. The summed E-state index contributed by atoms with van der Waals surface area (Å²) in [7, 11) is 2.15. The van der Waals surface area contributed by atoms with Crippen molar-refractivity contribution < 1.29 is 4.57 Å². The van der Waals surface area contributed by atoms with Crippen LogP contribution in [0, 0.1) is 13.8 Å². The van der Waals surface area contributed by atoms with E-state index in [0.717, 1.165) is 11.4 Å². The first-order chi connectivity index (χ1) is 13.0. The van der Waals surface area contributed by atoms with Crippen LogP contribution in [0.2, 0.25) is 0 Å². The molecule has 0 radical (unpaired) electrons. The maximum Gasteiger partial charge on any atom is 0.296 e. The molecule has 0 saturated heterocycles. The Morgan fingerprint density at radius 1 is 1.00 bits per heavy atom. The highest BCUT2D eigenvalue weighted by Crippen LogP contribution is 2.32. The van der Waals surface area contributed by atoms with Gasteiger partial charge in [-0.25, -0.2) is 4.57 Å². The van der Waals surface area contributed by atoms with Gasteiger partial charge in [0.05, 0.1) is 12.6 Å². The largest absolute Gasteiger partial charge is 0.296 e. The number of aryl methyl sites for hydroxylation is 3. The fourth-order valence-electron chi connectivity index (χ4n) is 3.90. The van der Waals surface area contributed by atoms with Crippen LogP contribution >= 0.6 is 0 Å². The van der Waals surface area contributed by atoms with Gasteiger partial charge in [-0.15, -0.1) is 0 Å². The zero-order valence-corrected chi connectivity index (χ0v) is 16.7. The van der Waals surface area contributed by atoms with E-state index < -0.39 is 0 Å². The smallest absolute Gasteiger partial charge is 0.264 e. The highest BCUT2D eigenvalue weighted by Gasteiger charge is 2.28. The van der Waals surface area contributed by atoms with Gasteiger partial charge in [-0.05, 0) is 55.2 Å². The number of nitrogens with zero attached hydrogens (tertiary/aromatic N) is 3. The number of hydrogen-bond acceptors (Lipinski definition) is 1. The minimum absolute atomic E-state index is 0.441. The summed E-state index contributed by atoms with van der Waals surface area (Å²) < 4.78 is 4.69. The SMILES string of the molecule is Cc1ccc2c(c1)n(-c1ccccc1C(C)C)c(-c1cnccc1C)[n+]2C. The van der Waals surface area contributed by atoms with Crippen LogP contribution in [-0.2, 0) is 7.05 Å². The molecule has 0 aliphatic heterocycles. The Morgan fingerprint density at radius 2 is 1.78 bits per heavy atom. The van der Waals surface area contributed by atoms with Crippen LogP contribution in [0.25, 0.3) is 28.1 Å². The van der Waals surface area contributed by atoms with Gasteiger partial charge in [0.25, 0.3) is 5.82 Å². The molecule has 136 valence electrons. The number of pyridine rings is 1. The summed E-state index contributed by atoms with van der Waals surface area (Å²) >= 11 is 0. The van der Waals surface area contributed by atoms with E-state index >= 15 is 0 Å². The van der Waals surface area contributed by atoms with Gasteiger partial charge >= 0.3 is 0 Å². The number of fused-ring (bicyclic) bond motifs is 1. The zero-order valence-electron chi connectivity index (χ0n) is 16.7. The maximum atomic E-state index is 4.42. The fraction of sp³-hybridized carbons (Fsp3) is 0.250. The summed E-state index contributed by atoms with van der Waals surface area (Å²) in [4.78, 5) is 4.42. The number of rotatable bonds is 3. The van der Waals surface area contributed by atoms with Crippen molar-refractivity contribution in [1.82, 2.24) is 9.55 Å². The van der Waals surface area contributed by atoms with Gasteiger partial charge in [0.2, 0.25) is 0 Å². The van der Waals surface area contributed by atoms with Crippen molar-refractivity contribution in [3.63, 3.8) is 0 Å². The molecule has 2 heterocycles. The van der Waals surface area contributed by atoms with Crippen LogP contribution in [0.4, 0.5) is 0 Å². The van der Waals surface area contributed by atoms with Crippen LogP contribution in [0.3, 0.4) is 0 Å². The Morgan fingerprint density at radius 3 is 2.52 bits per heavy atom. The lowest BCUT2D eigenvalue weighted by molar-refractivity contribution is -0.633. The molecule has 0 aliphatic rings. The summed E-state index contributed by atoms with van der Waals surface area (Å²) in [5, 5.41) is 0. The first kappa shape index (κ1) is 17.5. The van der Waals surface area contributed by atoms with E-state index in [1.54, 1.807) is 0 Å². The third-order valence-electron chi connectivity index (χ3n) is 5.34. The predicted octanol–water partition coefficient (Wildman–Crippen LogP) is 5.26. The van der Waals surface area contributed by atoms with Gasteiger partial charge in [0.15, 0.2) is 11.0 Å². The van der Waals surface area contributed by atoms with E-state index in [9.17, 15) is 0 Å². The molecule has 27 heavy (non-hydrogen) atoms. The van der Waals surface area contributed by atoms with Crippen molar-refractivity contribution in [2.45, 2.75) is 33.6 Å². The quantitative estimate of drug-likeness (QED) is 0.459. The Balaban J connectivity index is 2.18. The lowest BCUT2D eigenvalue weighted by Gasteiger charge is -2.12. The average molecular weight is 356 g/mol. The van der Waals surface area contributed by atoms with Crippen LogP contribution in [-0.4, -0.2) is 9.55 Å². The summed E-state index contributed by atoms with van der Waals surface area (Å²) in [5.41, 5.74) is 8.68. The minimum Gasteiger partial charge on any atom is -0.264 e. The van der Waals surface area contributed by atoms with Gasteiger partial charge in [-0.1, -0.05) is 38.1 Å². The van der Waals surface area contributed by atoms with Crippen LogP contribution in [0.15, 0.2) is 60.9 Å². The molecule has 0 spiro atoms. The van der Waals surface area contributed by atoms with Gasteiger partial charge in [0.1, 0.15) is 5.69 Å². The number of hydrogen-bond donors (Lipinski definition) is 0. The molecule has 4 aromatic rings. The van der Waals surface area contributed by atoms with Gasteiger partial charge in [0, 0.05) is 18.0 Å². The molecule has 0 amide bonds. The third-order valence-corrected chi connectivity index (χ3v) is 5.34. The number of aromatic nitrogens is 3. The lowest BCUT2D eigenvalue weighted by atomic mass is 10.0. The molecule has 0 fully saturated rings. The van der Waals surface area contributed by atoms with E-state index in [-0.39, 0.29) is 0 Å². The first-order valence-electron chi connectivity index (χ1n) is 9.50. The Labute approximate surface area is 160 Å². The molecule has 4 rings (SSSR count). The molecule has 0 aliphatic carbocycles. The monoisotopic (exact) mass is 356 g/mol. The molecule has 2 aromatic carbocycles. The number of para-hydroxylation sites is 1. The molecule has 0 unspecified atom stereocenters. The second-order valence-electron chi connectivity index (χ2n) is 7.61. The van der Waals surface area contributed by atoms with Crippen molar-refractivity contribution >= 4 is 11.0 Å². The summed E-state index contributed by atoms with van der Waals surface area (Å²) in [6, 6.07) is 17.5. The standard InChI is InChI=1S/C24H26N3/c1-16(2)19-8-6-7-9-21(19)27-23-14-17(3)10-11-22(23)26(5)24(27)20-15-25-13-12-18(20)4/h6-16H,1-5H3/q+1. The van der Waals surface area contributed by atoms with E-state index in [4.69, 9.17) is 0 Å². The van der Waals surface area contributed by atoms with Crippen molar-refractivity contribution in [2.24, 2.45) is 7.05 Å². The maximum absolute atomic E-state index is 4.42. The molecule has 0 N–H and O–H groups in total. The second-order valence-corrected chi connectivity index (χ2v) is 7.61.